The second-order valence-electron chi connectivity index (χ2n) is 2.16. The Morgan fingerprint density at radius 3 is 2.60 bits per heavy atom. The van der Waals surface area contributed by atoms with Gasteiger partial charge < -0.3 is 11.5 Å². The molecule has 0 amide bonds. The Labute approximate surface area is 64.8 Å². The minimum absolute atomic E-state index is 0.558. The van der Waals surface area contributed by atoms with E-state index in [2.05, 4.69) is 13.0 Å². The highest BCUT2D eigenvalue weighted by molar-refractivity contribution is 7.16. The Balaban J connectivity index is 2.92. The summed E-state index contributed by atoms with van der Waals surface area (Å²) in [4.78, 5) is 1.32. The van der Waals surface area contributed by atoms with Crippen molar-refractivity contribution in [1.29, 1.82) is 0 Å². The molecule has 0 atom stereocenters. The number of rotatable bonds is 2. The van der Waals surface area contributed by atoms with Crippen molar-refractivity contribution in [1.82, 2.24) is 0 Å². The molecule has 0 aliphatic heterocycles. The normalized spacial score (nSPS) is 10.2. The van der Waals surface area contributed by atoms with E-state index in [1.807, 2.05) is 0 Å². The average Bonchev–Trinajstić information content (AvgIpc) is 2.30. The van der Waals surface area contributed by atoms with Gasteiger partial charge in [-0.25, -0.2) is 0 Å². The lowest BCUT2D eigenvalue weighted by Gasteiger charge is -1.88. The van der Waals surface area contributed by atoms with Crippen LogP contribution in [0.4, 0.5) is 5.00 Å². The van der Waals surface area contributed by atoms with Crippen molar-refractivity contribution in [3.05, 3.63) is 16.5 Å². The molecular formula is C7H12N2S. The monoisotopic (exact) mass is 156 g/mol. The van der Waals surface area contributed by atoms with Gasteiger partial charge in [-0.1, -0.05) is 6.92 Å². The minimum atomic E-state index is 0.558. The highest BCUT2D eigenvalue weighted by atomic mass is 32.1. The molecule has 0 aliphatic carbocycles. The van der Waals surface area contributed by atoms with Crippen molar-refractivity contribution >= 4 is 16.3 Å². The van der Waals surface area contributed by atoms with Gasteiger partial charge in [0.1, 0.15) is 0 Å². The maximum atomic E-state index is 5.67. The maximum absolute atomic E-state index is 5.67. The van der Waals surface area contributed by atoms with Crippen molar-refractivity contribution in [3.63, 3.8) is 0 Å². The lowest BCUT2D eigenvalue weighted by molar-refractivity contribution is 1.08. The summed E-state index contributed by atoms with van der Waals surface area (Å²) in [5.41, 5.74) is 12.2. The molecule has 0 bridgehead atoms. The summed E-state index contributed by atoms with van der Waals surface area (Å²) in [6, 6.07) is 2.08. The molecule has 10 heavy (non-hydrogen) atoms. The molecular weight excluding hydrogens is 144 g/mol. The summed E-state index contributed by atoms with van der Waals surface area (Å²) in [5, 5.41) is 0.874. The maximum Gasteiger partial charge on any atom is 0.0904 e. The molecule has 1 aromatic heterocycles. The first kappa shape index (κ1) is 7.57. The fourth-order valence-electron chi connectivity index (χ4n) is 0.835. The van der Waals surface area contributed by atoms with Crippen LogP contribution in [0.5, 0.6) is 0 Å². The van der Waals surface area contributed by atoms with Gasteiger partial charge in [-0.3, -0.25) is 0 Å². The second kappa shape index (κ2) is 3.03. The van der Waals surface area contributed by atoms with E-state index < -0.39 is 0 Å². The van der Waals surface area contributed by atoms with Gasteiger partial charge in [-0.2, -0.15) is 0 Å². The first-order valence-corrected chi connectivity index (χ1v) is 4.16. The average molecular weight is 156 g/mol. The summed E-state index contributed by atoms with van der Waals surface area (Å²) in [5.74, 6) is 0. The fourth-order valence-corrected chi connectivity index (χ4v) is 1.74. The van der Waals surface area contributed by atoms with Crippen molar-refractivity contribution < 1.29 is 0 Å². The van der Waals surface area contributed by atoms with Gasteiger partial charge >= 0.3 is 0 Å². The molecule has 0 radical (unpaired) electrons. The molecule has 4 N–H and O–H groups in total. The molecule has 0 spiro atoms. The molecule has 3 heteroatoms. The van der Waals surface area contributed by atoms with Gasteiger partial charge in [0.15, 0.2) is 0 Å². The third-order valence-corrected chi connectivity index (χ3v) is 2.61. The second-order valence-corrected chi connectivity index (χ2v) is 3.33. The summed E-state index contributed by atoms with van der Waals surface area (Å²) in [6.07, 6.45) is 1.05. The third kappa shape index (κ3) is 1.30. The lowest BCUT2D eigenvalue weighted by Crippen LogP contribution is -1.97. The van der Waals surface area contributed by atoms with E-state index >= 15 is 0 Å². The highest BCUT2D eigenvalue weighted by Gasteiger charge is 2.01. The summed E-state index contributed by atoms with van der Waals surface area (Å²) in [7, 11) is 0. The van der Waals surface area contributed by atoms with Crippen molar-refractivity contribution in [2.45, 2.75) is 19.9 Å². The molecule has 0 unspecified atom stereocenters. The number of aryl methyl sites for hydroxylation is 1. The van der Waals surface area contributed by atoms with Gasteiger partial charge in [0, 0.05) is 17.0 Å². The van der Waals surface area contributed by atoms with E-state index in [0.29, 0.717) is 6.54 Å². The molecule has 56 valence electrons. The van der Waals surface area contributed by atoms with Gasteiger partial charge in [-0.15, -0.1) is 11.3 Å². The van der Waals surface area contributed by atoms with Crippen LogP contribution in [-0.4, -0.2) is 0 Å². The zero-order chi connectivity index (χ0) is 7.56. The highest BCUT2D eigenvalue weighted by Crippen LogP contribution is 2.24. The third-order valence-electron chi connectivity index (χ3n) is 1.46. The number of anilines is 1. The number of nitrogens with two attached hydrogens (primary N) is 2. The van der Waals surface area contributed by atoms with Crippen LogP contribution in [0.25, 0.3) is 0 Å². The van der Waals surface area contributed by atoms with E-state index in [-0.39, 0.29) is 0 Å². The van der Waals surface area contributed by atoms with Gasteiger partial charge in [0.05, 0.1) is 5.00 Å². The van der Waals surface area contributed by atoms with Crippen LogP contribution in [0, 0.1) is 0 Å². The van der Waals surface area contributed by atoms with Crippen LogP contribution < -0.4 is 11.5 Å². The van der Waals surface area contributed by atoms with Gasteiger partial charge in [0.2, 0.25) is 0 Å². The number of thiophene rings is 1. The standard InChI is InChI=1S/C7H12N2S/c1-2-6-3-5(4-8)7(9)10-6/h3H,2,4,8-9H2,1H3. The van der Waals surface area contributed by atoms with Crippen LogP contribution >= 0.6 is 11.3 Å². The van der Waals surface area contributed by atoms with E-state index in [4.69, 9.17) is 11.5 Å². The first-order valence-electron chi connectivity index (χ1n) is 3.35. The Morgan fingerprint density at radius 2 is 2.30 bits per heavy atom. The molecule has 0 aliphatic rings. The Morgan fingerprint density at radius 1 is 1.60 bits per heavy atom. The number of hydrogen-bond acceptors (Lipinski definition) is 3. The fraction of sp³-hybridized carbons (Fsp3) is 0.429. The van der Waals surface area contributed by atoms with Crippen LogP contribution in [0.1, 0.15) is 17.4 Å². The molecule has 0 fully saturated rings. The predicted octanol–water partition coefficient (Wildman–Crippen LogP) is 1.35. The van der Waals surface area contributed by atoms with E-state index in [0.717, 1.165) is 17.0 Å². The smallest absolute Gasteiger partial charge is 0.0904 e. The SMILES string of the molecule is CCc1cc(CN)c(N)s1. The minimum Gasteiger partial charge on any atom is -0.390 e. The summed E-state index contributed by atoms with van der Waals surface area (Å²) < 4.78 is 0. The molecule has 1 heterocycles. The van der Waals surface area contributed by atoms with E-state index in [1.165, 1.54) is 4.88 Å². The largest absolute Gasteiger partial charge is 0.390 e. The van der Waals surface area contributed by atoms with E-state index in [1.54, 1.807) is 11.3 Å². The molecule has 0 aromatic carbocycles. The van der Waals surface area contributed by atoms with Gasteiger partial charge in [0.25, 0.3) is 0 Å². The number of hydrogen-bond donors (Lipinski definition) is 2. The van der Waals surface area contributed by atoms with Gasteiger partial charge in [-0.05, 0) is 12.5 Å². The van der Waals surface area contributed by atoms with Crippen LogP contribution in [0.3, 0.4) is 0 Å². The quantitative estimate of drug-likeness (QED) is 0.679. The van der Waals surface area contributed by atoms with Crippen LogP contribution in [0.15, 0.2) is 6.07 Å². The predicted molar refractivity (Wildman–Crippen MR) is 46.0 cm³/mol. The molecule has 0 saturated heterocycles. The number of nitrogen functional groups attached to an aromatic ring is 1. The zero-order valence-corrected chi connectivity index (χ0v) is 6.87. The molecule has 1 rings (SSSR count). The van der Waals surface area contributed by atoms with Crippen molar-refractivity contribution in [3.8, 4) is 0 Å². The van der Waals surface area contributed by atoms with E-state index in [9.17, 15) is 0 Å². The summed E-state index contributed by atoms with van der Waals surface area (Å²) >= 11 is 1.64. The zero-order valence-electron chi connectivity index (χ0n) is 6.05. The lowest BCUT2D eigenvalue weighted by atomic mass is 10.3. The summed E-state index contributed by atoms with van der Waals surface area (Å²) in [6.45, 7) is 2.67. The first-order chi connectivity index (χ1) is 4.77. The van der Waals surface area contributed by atoms with Crippen molar-refractivity contribution in [2.75, 3.05) is 5.73 Å². The topological polar surface area (TPSA) is 52.0 Å². The Hall–Kier alpha value is -0.540. The van der Waals surface area contributed by atoms with Crippen LogP contribution in [0.2, 0.25) is 0 Å². The Kier molecular flexibility index (Phi) is 2.29. The molecule has 0 saturated carbocycles. The Bertz CT molecular complexity index is 217. The molecule has 1 aromatic rings. The molecule has 2 nitrogen and oxygen atoms in total. The van der Waals surface area contributed by atoms with Crippen LogP contribution in [-0.2, 0) is 13.0 Å². The van der Waals surface area contributed by atoms with Crippen molar-refractivity contribution in [2.24, 2.45) is 5.73 Å².